The highest BCUT2D eigenvalue weighted by Crippen LogP contribution is 2.19. The normalized spacial score (nSPS) is 13.3. The van der Waals surface area contributed by atoms with Gasteiger partial charge >= 0.3 is 0 Å². The molecule has 1 unspecified atom stereocenters. The molecule has 0 aliphatic rings. The second-order valence-electron chi connectivity index (χ2n) is 4.48. The first-order valence-corrected chi connectivity index (χ1v) is 5.27. The minimum absolute atomic E-state index is 0.177. The monoisotopic (exact) mass is 194 g/mol. The van der Waals surface area contributed by atoms with Gasteiger partial charge in [-0.25, -0.2) is 0 Å². The molecule has 1 N–H and O–H groups in total. The summed E-state index contributed by atoms with van der Waals surface area (Å²) in [5, 5.41) is 12.2. The fraction of sp³-hybridized carbons (Fsp3) is 0.750. The van der Waals surface area contributed by atoms with Crippen molar-refractivity contribution < 1.29 is 0 Å². The van der Waals surface area contributed by atoms with Gasteiger partial charge in [0.15, 0.2) is 0 Å². The van der Waals surface area contributed by atoms with E-state index in [1.54, 1.807) is 0 Å². The van der Waals surface area contributed by atoms with Crippen LogP contribution in [0, 0.1) is 16.7 Å². The Morgan fingerprint density at radius 1 is 1.57 bits per heavy atom. The van der Waals surface area contributed by atoms with Crippen LogP contribution in [0.25, 0.3) is 0 Å². The van der Waals surface area contributed by atoms with Crippen LogP contribution in [0.4, 0.5) is 0 Å². The van der Waals surface area contributed by atoms with E-state index in [4.69, 9.17) is 5.26 Å². The zero-order chi connectivity index (χ0) is 11.0. The lowest BCUT2D eigenvalue weighted by Crippen LogP contribution is -2.27. The summed E-state index contributed by atoms with van der Waals surface area (Å²) < 4.78 is 0. The zero-order valence-electron chi connectivity index (χ0n) is 9.64. The van der Waals surface area contributed by atoms with E-state index < -0.39 is 0 Å². The summed E-state index contributed by atoms with van der Waals surface area (Å²) in [5.41, 5.74) is -0.177. The minimum Gasteiger partial charge on any atom is -0.314 e. The molecule has 0 aromatic heterocycles. The molecule has 0 aromatic carbocycles. The summed E-state index contributed by atoms with van der Waals surface area (Å²) in [4.78, 5) is 0. The lowest BCUT2D eigenvalue weighted by Gasteiger charge is -2.16. The number of nitrogens with one attached hydrogen (secondary N) is 1. The largest absolute Gasteiger partial charge is 0.314 e. The first kappa shape index (κ1) is 13.2. The van der Waals surface area contributed by atoms with Crippen LogP contribution in [0.2, 0.25) is 0 Å². The number of nitriles is 1. The molecule has 14 heavy (non-hydrogen) atoms. The number of hydrogen-bond donors (Lipinski definition) is 1. The molecule has 0 amide bonds. The Hall–Kier alpha value is -0.810. The smallest absolute Gasteiger partial charge is 0.0683 e. The Kier molecular flexibility index (Phi) is 6.23. The molecule has 0 rings (SSSR count). The predicted molar refractivity (Wildman–Crippen MR) is 60.9 cm³/mol. The van der Waals surface area contributed by atoms with E-state index >= 15 is 0 Å². The molecule has 80 valence electrons. The maximum atomic E-state index is 8.80. The minimum atomic E-state index is -0.177. The highest BCUT2D eigenvalue weighted by molar-refractivity contribution is 4.91. The van der Waals surface area contributed by atoms with Gasteiger partial charge in [-0.15, -0.1) is 6.58 Å². The topological polar surface area (TPSA) is 35.8 Å². The van der Waals surface area contributed by atoms with E-state index in [0.717, 1.165) is 25.8 Å². The van der Waals surface area contributed by atoms with E-state index in [-0.39, 0.29) is 5.41 Å². The van der Waals surface area contributed by atoms with E-state index in [9.17, 15) is 0 Å². The van der Waals surface area contributed by atoms with Crippen LogP contribution >= 0.6 is 0 Å². The van der Waals surface area contributed by atoms with E-state index in [1.807, 2.05) is 19.9 Å². The Balaban J connectivity index is 3.47. The van der Waals surface area contributed by atoms with Crippen LogP contribution in [0.3, 0.4) is 0 Å². The lowest BCUT2D eigenvalue weighted by molar-refractivity contribution is 0.416. The maximum Gasteiger partial charge on any atom is 0.0683 e. The van der Waals surface area contributed by atoms with Crippen molar-refractivity contribution in [3.63, 3.8) is 0 Å². The quantitative estimate of drug-likeness (QED) is 0.499. The molecule has 0 aliphatic heterocycles. The van der Waals surface area contributed by atoms with Crippen LogP contribution in [0.15, 0.2) is 12.7 Å². The van der Waals surface area contributed by atoms with Crippen LogP contribution in [0.5, 0.6) is 0 Å². The highest BCUT2D eigenvalue weighted by atomic mass is 14.9. The second-order valence-corrected chi connectivity index (χ2v) is 4.48. The summed E-state index contributed by atoms with van der Waals surface area (Å²) in [7, 11) is 0. The van der Waals surface area contributed by atoms with Crippen LogP contribution in [-0.2, 0) is 0 Å². The molecule has 0 heterocycles. The third kappa shape index (κ3) is 6.68. The first-order valence-electron chi connectivity index (χ1n) is 5.27. The predicted octanol–water partition coefficient (Wildman–Crippen LogP) is 2.87. The molecular formula is C12H22N2. The molecule has 0 bridgehead atoms. The molecule has 0 saturated carbocycles. The molecule has 0 fully saturated rings. The van der Waals surface area contributed by atoms with Crippen LogP contribution in [0.1, 0.15) is 40.0 Å². The highest BCUT2D eigenvalue weighted by Gasteiger charge is 2.15. The third-order valence-electron chi connectivity index (χ3n) is 2.29. The van der Waals surface area contributed by atoms with Crippen molar-refractivity contribution in [3.8, 4) is 6.07 Å². The van der Waals surface area contributed by atoms with Gasteiger partial charge in [-0.05, 0) is 46.6 Å². The summed E-state index contributed by atoms with van der Waals surface area (Å²) in [6.07, 6.45) is 4.94. The van der Waals surface area contributed by atoms with Crippen molar-refractivity contribution in [3.05, 3.63) is 12.7 Å². The molecule has 2 nitrogen and oxygen atoms in total. The van der Waals surface area contributed by atoms with Gasteiger partial charge in [-0.3, -0.25) is 0 Å². The van der Waals surface area contributed by atoms with Gasteiger partial charge in [0.1, 0.15) is 0 Å². The Labute approximate surface area is 88.0 Å². The van der Waals surface area contributed by atoms with Crippen molar-refractivity contribution in [2.24, 2.45) is 5.41 Å². The molecule has 0 radical (unpaired) electrons. The standard InChI is InChI=1S/C12H22N2/c1-5-7-11(2)14-9-6-8-12(3,4)10-13/h5,11,14H,1,6-9H2,2-4H3. The van der Waals surface area contributed by atoms with Crippen molar-refractivity contribution >= 4 is 0 Å². The van der Waals surface area contributed by atoms with Crippen molar-refractivity contribution in [1.82, 2.24) is 5.32 Å². The van der Waals surface area contributed by atoms with Crippen molar-refractivity contribution in [2.45, 2.75) is 46.1 Å². The number of rotatable bonds is 7. The van der Waals surface area contributed by atoms with Crippen molar-refractivity contribution in [2.75, 3.05) is 6.54 Å². The van der Waals surface area contributed by atoms with Gasteiger partial charge in [0.05, 0.1) is 11.5 Å². The summed E-state index contributed by atoms with van der Waals surface area (Å²) in [6, 6.07) is 2.81. The number of hydrogen-bond acceptors (Lipinski definition) is 2. The van der Waals surface area contributed by atoms with Gasteiger partial charge in [-0.1, -0.05) is 6.08 Å². The molecule has 1 atom stereocenters. The average molecular weight is 194 g/mol. The van der Waals surface area contributed by atoms with Gasteiger partial charge in [0.25, 0.3) is 0 Å². The Bertz CT molecular complexity index is 201. The average Bonchev–Trinajstić information content (AvgIpc) is 2.13. The summed E-state index contributed by atoms with van der Waals surface area (Å²) >= 11 is 0. The van der Waals surface area contributed by atoms with Gasteiger partial charge in [0.2, 0.25) is 0 Å². The van der Waals surface area contributed by atoms with E-state index in [0.29, 0.717) is 6.04 Å². The fourth-order valence-electron chi connectivity index (χ4n) is 1.27. The second kappa shape index (κ2) is 6.62. The van der Waals surface area contributed by atoms with Crippen LogP contribution < -0.4 is 5.32 Å². The third-order valence-corrected chi connectivity index (χ3v) is 2.29. The van der Waals surface area contributed by atoms with Gasteiger partial charge in [-0.2, -0.15) is 5.26 Å². The summed E-state index contributed by atoms with van der Waals surface area (Å²) in [6.45, 7) is 10.8. The lowest BCUT2D eigenvalue weighted by atomic mass is 9.90. The SMILES string of the molecule is C=CCC(C)NCCCC(C)(C)C#N. The Morgan fingerprint density at radius 3 is 2.71 bits per heavy atom. The fourth-order valence-corrected chi connectivity index (χ4v) is 1.27. The van der Waals surface area contributed by atoms with E-state index in [1.165, 1.54) is 0 Å². The van der Waals surface area contributed by atoms with Crippen LogP contribution in [-0.4, -0.2) is 12.6 Å². The first-order chi connectivity index (χ1) is 6.52. The van der Waals surface area contributed by atoms with E-state index in [2.05, 4.69) is 24.9 Å². The Morgan fingerprint density at radius 2 is 2.21 bits per heavy atom. The molecule has 0 saturated heterocycles. The van der Waals surface area contributed by atoms with Gasteiger partial charge in [0, 0.05) is 6.04 Å². The molecule has 0 aromatic rings. The molecule has 0 aliphatic carbocycles. The summed E-state index contributed by atoms with van der Waals surface area (Å²) in [5.74, 6) is 0. The molecule has 2 heteroatoms. The van der Waals surface area contributed by atoms with Gasteiger partial charge < -0.3 is 5.32 Å². The molecule has 0 spiro atoms. The van der Waals surface area contributed by atoms with Crippen molar-refractivity contribution in [1.29, 1.82) is 5.26 Å². The zero-order valence-corrected chi connectivity index (χ0v) is 9.64. The molecular weight excluding hydrogens is 172 g/mol. The maximum absolute atomic E-state index is 8.80. The number of nitrogens with zero attached hydrogens (tertiary/aromatic N) is 1.